The SMILES string of the molecule is CCOc1ccn(-c2ccc(F)cc2)c(=O)c1C(=O)Nc1ccc(O/C(=C/C=N)c2[nH]ccc2-c2ccnc(OC)c2)c(F)c1. The van der Waals surface area contributed by atoms with E-state index in [9.17, 15) is 14.0 Å². The second kappa shape index (κ2) is 13.5. The number of aromatic nitrogens is 3. The zero-order valence-electron chi connectivity index (χ0n) is 24.1. The largest absolute Gasteiger partial charge is 0.493 e. The summed E-state index contributed by atoms with van der Waals surface area (Å²) in [6.07, 6.45) is 7.05. The van der Waals surface area contributed by atoms with E-state index in [0.29, 0.717) is 22.8 Å². The van der Waals surface area contributed by atoms with Crippen LogP contribution in [-0.2, 0) is 0 Å². The maximum absolute atomic E-state index is 15.3. The van der Waals surface area contributed by atoms with Crippen LogP contribution < -0.4 is 25.1 Å². The third-order valence-corrected chi connectivity index (χ3v) is 6.58. The Hall–Kier alpha value is -6.04. The Morgan fingerprint density at radius 3 is 2.58 bits per heavy atom. The predicted octanol–water partition coefficient (Wildman–Crippen LogP) is 6.23. The van der Waals surface area contributed by atoms with E-state index >= 15 is 4.39 Å². The summed E-state index contributed by atoms with van der Waals surface area (Å²) < 4.78 is 46.6. The zero-order chi connectivity index (χ0) is 31.9. The molecule has 10 nitrogen and oxygen atoms in total. The molecular weight excluding hydrogens is 584 g/mol. The van der Waals surface area contributed by atoms with E-state index < -0.39 is 23.1 Å². The summed E-state index contributed by atoms with van der Waals surface area (Å²) in [4.78, 5) is 33.9. The molecule has 1 amide bonds. The van der Waals surface area contributed by atoms with Crippen LogP contribution in [0, 0.1) is 17.0 Å². The summed E-state index contributed by atoms with van der Waals surface area (Å²) in [6.45, 7) is 1.89. The van der Waals surface area contributed by atoms with Gasteiger partial charge in [-0.05, 0) is 67.1 Å². The van der Waals surface area contributed by atoms with Crippen LogP contribution in [0.5, 0.6) is 17.4 Å². The number of hydrogen-bond acceptors (Lipinski definition) is 7. The first kappa shape index (κ1) is 30.4. The van der Waals surface area contributed by atoms with Crippen LogP contribution in [0.4, 0.5) is 14.5 Å². The Kier molecular flexibility index (Phi) is 9.13. The Balaban J connectivity index is 1.41. The third kappa shape index (κ3) is 6.64. The molecule has 3 N–H and O–H groups in total. The molecule has 0 radical (unpaired) electrons. The van der Waals surface area contributed by atoms with Gasteiger partial charge in [0.2, 0.25) is 5.88 Å². The van der Waals surface area contributed by atoms with Gasteiger partial charge >= 0.3 is 0 Å². The van der Waals surface area contributed by atoms with Crippen molar-refractivity contribution in [3.8, 4) is 34.2 Å². The van der Waals surface area contributed by atoms with Gasteiger partial charge in [-0.3, -0.25) is 14.2 Å². The molecular formula is C33H27F2N5O5. The summed E-state index contributed by atoms with van der Waals surface area (Å²) >= 11 is 0. The van der Waals surface area contributed by atoms with Crippen LogP contribution in [0.2, 0.25) is 0 Å². The van der Waals surface area contributed by atoms with E-state index in [1.54, 1.807) is 37.5 Å². The average Bonchev–Trinajstić information content (AvgIpc) is 3.53. The van der Waals surface area contributed by atoms with Crippen molar-refractivity contribution in [1.82, 2.24) is 14.5 Å². The molecule has 0 saturated heterocycles. The number of carbonyl (C=O) groups is 1. The van der Waals surface area contributed by atoms with E-state index in [-0.39, 0.29) is 35.1 Å². The lowest BCUT2D eigenvalue weighted by Gasteiger charge is -2.15. The van der Waals surface area contributed by atoms with Crippen molar-refractivity contribution in [1.29, 1.82) is 5.41 Å². The Morgan fingerprint density at radius 1 is 1.07 bits per heavy atom. The van der Waals surface area contributed by atoms with Crippen molar-refractivity contribution in [3.63, 3.8) is 0 Å². The van der Waals surface area contributed by atoms with Crippen molar-refractivity contribution >= 4 is 23.6 Å². The maximum Gasteiger partial charge on any atom is 0.271 e. The van der Waals surface area contributed by atoms with Crippen LogP contribution in [0.15, 0.2) is 96.2 Å². The molecule has 0 unspecified atom stereocenters. The number of methoxy groups -OCH3 is 1. The van der Waals surface area contributed by atoms with E-state index in [2.05, 4.69) is 15.3 Å². The summed E-state index contributed by atoms with van der Waals surface area (Å²) in [5, 5.41) is 10.1. The van der Waals surface area contributed by atoms with Crippen LogP contribution in [0.25, 0.3) is 22.6 Å². The van der Waals surface area contributed by atoms with Crippen molar-refractivity contribution in [2.45, 2.75) is 6.92 Å². The van der Waals surface area contributed by atoms with Crippen molar-refractivity contribution in [3.05, 3.63) is 125 Å². The highest BCUT2D eigenvalue weighted by Crippen LogP contribution is 2.32. The van der Waals surface area contributed by atoms with Gasteiger partial charge in [0.15, 0.2) is 17.3 Å². The Bertz CT molecular complexity index is 1950. The highest BCUT2D eigenvalue weighted by molar-refractivity contribution is 6.06. The molecule has 0 spiro atoms. The van der Waals surface area contributed by atoms with E-state index in [0.717, 1.165) is 17.8 Å². The first-order valence-corrected chi connectivity index (χ1v) is 13.6. The fourth-order valence-corrected chi connectivity index (χ4v) is 4.53. The van der Waals surface area contributed by atoms with Gasteiger partial charge in [0.1, 0.15) is 17.1 Å². The molecule has 0 aliphatic carbocycles. The number of amides is 1. The topological polar surface area (TPSA) is 131 Å². The molecule has 0 saturated carbocycles. The number of hydrogen-bond donors (Lipinski definition) is 3. The molecule has 0 aliphatic rings. The molecule has 2 aromatic carbocycles. The summed E-state index contributed by atoms with van der Waals surface area (Å²) in [6, 6.07) is 15.7. The monoisotopic (exact) mass is 611 g/mol. The van der Waals surface area contributed by atoms with Crippen molar-refractivity contribution in [2.75, 3.05) is 19.0 Å². The highest BCUT2D eigenvalue weighted by atomic mass is 19.1. The van der Waals surface area contributed by atoms with Gasteiger partial charge in [0.25, 0.3) is 11.5 Å². The van der Waals surface area contributed by atoms with E-state index in [1.807, 2.05) is 0 Å². The molecule has 45 heavy (non-hydrogen) atoms. The lowest BCUT2D eigenvalue weighted by atomic mass is 10.1. The van der Waals surface area contributed by atoms with Crippen molar-refractivity contribution < 1.29 is 27.8 Å². The lowest BCUT2D eigenvalue weighted by molar-refractivity contribution is 0.102. The number of pyridine rings is 2. The number of nitrogens with one attached hydrogen (secondary N) is 3. The van der Waals surface area contributed by atoms with Gasteiger partial charge in [-0.2, -0.15) is 0 Å². The maximum atomic E-state index is 15.3. The molecule has 0 fully saturated rings. The number of allylic oxidation sites excluding steroid dienone is 1. The summed E-state index contributed by atoms with van der Waals surface area (Å²) in [5.41, 5.74) is 1.30. The van der Waals surface area contributed by atoms with Crippen LogP contribution >= 0.6 is 0 Å². The minimum absolute atomic E-state index is 0.0359. The number of anilines is 1. The zero-order valence-corrected chi connectivity index (χ0v) is 24.1. The van der Waals surface area contributed by atoms with E-state index in [4.69, 9.17) is 19.6 Å². The second-order valence-electron chi connectivity index (χ2n) is 9.39. The number of carbonyl (C=O) groups excluding carboxylic acids is 1. The molecule has 0 bridgehead atoms. The number of nitrogens with zero attached hydrogens (tertiary/aromatic N) is 2. The van der Waals surface area contributed by atoms with Gasteiger partial charge < -0.3 is 29.9 Å². The van der Waals surface area contributed by atoms with Gasteiger partial charge in [0, 0.05) is 60.0 Å². The van der Waals surface area contributed by atoms with Crippen molar-refractivity contribution in [2.24, 2.45) is 0 Å². The molecule has 3 heterocycles. The first-order valence-electron chi connectivity index (χ1n) is 13.6. The second-order valence-corrected chi connectivity index (χ2v) is 9.39. The number of halogens is 2. The number of H-pyrrole nitrogens is 1. The minimum atomic E-state index is -0.832. The molecule has 0 aliphatic heterocycles. The van der Waals surface area contributed by atoms with E-state index in [1.165, 1.54) is 66.4 Å². The van der Waals surface area contributed by atoms with Gasteiger partial charge in [0.05, 0.1) is 19.4 Å². The molecule has 3 aromatic heterocycles. The predicted molar refractivity (Wildman–Crippen MR) is 165 cm³/mol. The fourth-order valence-electron chi connectivity index (χ4n) is 4.53. The normalized spacial score (nSPS) is 11.2. The Morgan fingerprint density at radius 2 is 1.87 bits per heavy atom. The Labute approximate surface area is 256 Å². The van der Waals surface area contributed by atoms with Gasteiger partial charge in [-0.15, -0.1) is 0 Å². The van der Waals surface area contributed by atoms with Gasteiger partial charge in [-0.1, -0.05) is 0 Å². The molecule has 12 heteroatoms. The number of ether oxygens (including phenoxy) is 3. The lowest BCUT2D eigenvalue weighted by Crippen LogP contribution is -2.29. The van der Waals surface area contributed by atoms with Crippen LogP contribution in [-0.4, -0.2) is 40.4 Å². The van der Waals surface area contributed by atoms with Crippen LogP contribution in [0.3, 0.4) is 0 Å². The minimum Gasteiger partial charge on any atom is -0.493 e. The average molecular weight is 612 g/mol. The first-order chi connectivity index (χ1) is 21.8. The molecule has 228 valence electrons. The third-order valence-electron chi connectivity index (χ3n) is 6.58. The molecule has 0 atom stereocenters. The van der Waals surface area contributed by atoms with Crippen LogP contribution in [0.1, 0.15) is 23.0 Å². The molecule has 5 aromatic rings. The standard InChI is InChI=1S/C33H27F2N5O5/c1-3-44-27-13-17-40(23-7-4-21(34)5-8-23)33(42)30(27)32(41)39-22-6-9-26(25(35)19-22)45-28(10-14-36)31-24(12-16-38-31)20-11-15-37-29(18-20)43-2/h4-19,36,38H,3H2,1-2H3,(H,39,41)/b28-10+,36-14?. The number of rotatable bonds is 11. The number of benzene rings is 2. The quantitative estimate of drug-likeness (QED) is 0.120. The smallest absolute Gasteiger partial charge is 0.271 e. The summed E-state index contributed by atoms with van der Waals surface area (Å²) in [7, 11) is 1.50. The molecule has 5 rings (SSSR count). The highest BCUT2D eigenvalue weighted by Gasteiger charge is 2.21. The van der Waals surface area contributed by atoms with Gasteiger partial charge in [-0.25, -0.2) is 13.8 Å². The number of aromatic amines is 1. The summed E-state index contributed by atoms with van der Waals surface area (Å²) in [5.74, 6) is -1.71. The fraction of sp³-hybridized carbons (Fsp3) is 0.0909.